The molecule has 0 saturated carbocycles. The van der Waals surface area contributed by atoms with Gasteiger partial charge in [0.05, 0.1) is 15.2 Å². The molecule has 4 nitrogen and oxygen atoms in total. The van der Waals surface area contributed by atoms with E-state index >= 15 is 0 Å². The highest BCUT2D eigenvalue weighted by atomic mass is 35.5. The molecule has 158 valence electrons. The van der Waals surface area contributed by atoms with Gasteiger partial charge in [0.1, 0.15) is 18.2 Å². The van der Waals surface area contributed by atoms with Crippen LogP contribution in [0.3, 0.4) is 0 Å². The summed E-state index contributed by atoms with van der Waals surface area (Å²) in [6.07, 6.45) is 3.56. The Morgan fingerprint density at radius 3 is 2.73 bits per heavy atom. The fraction of sp³-hybridized carbons (Fsp3) is 0.182. The van der Waals surface area contributed by atoms with E-state index in [1.54, 1.807) is 23.6 Å². The van der Waals surface area contributed by atoms with E-state index in [2.05, 4.69) is 15.3 Å². The summed E-state index contributed by atoms with van der Waals surface area (Å²) in [5, 5.41) is 4.41. The highest BCUT2D eigenvalue weighted by Crippen LogP contribution is 2.25. The van der Waals surface area contributed by atoms with Gasteiger partial charge in [-0.15, -0.1) is 36.2 Å². The number of rotatable bonds is 7. The van der Waals surface area contributed by atoms with E-state index in [1.807, 2.05) is 43.5 Å². The minimum Gasteiger partial charge on any atom is -0.492 e. The minimum atomic E-state index is -0.246. The van der Waals surface area contributed by atoms with Crippen LogP contribution in [-0.2, 0) is 6.54 Å². The molecular weight excluding hydrogens is 444 g/mol. The van der Waals surface area contributed by atoms with Crippen molar-refractivity contribution in [2.24, 2.45) is 0 Å². The second kappa shape index (κ2) is 11.2. The van der Waals surface area contributed by atoms with Crippen molar-refractivity contribution in [3.63, 3.8) is 0 Å². The summed E-state index contributed by atoms with van der Waals surface area (Å²) in [6, 6.07) is 14.6. The van der Waals surface area contributed by atoms with Gasteiger partial charge in [0.25, 0.3) is 0 Å². The second-order valence-electron chi connectivity index (χ2n) is 6.48. The molecule has 0 radical (unpaired) electrons. The van der Waals surface area contributed by atoms with Crippen molar-refractivity contribution >= 4 is 46.4 Å². The zero-order valence-electron chi connectivity index (χ0n) is 16.3. The predicted octanol–water partition coefficient (Wildman–Crippen LogP) is 5.82. The molecule has 0 bridgehead atoms. The Hall–Kier alpha value is -2.25. The third-order valence-electron chi connectivity index (χ3n) is 4.30. The summed E-state index contributed by atoms with van der Waals surface area (Å²) in [5.41, 5.74) is 3.75. The van der Waals surface area contributed by atoms with Crippen LogP contribution in [-0.4, -0.2) is 23.1 Å². The first-order chi connectivity index (χ1) is 13.7. The third-order valence-corrected chi connectivity index (χ3v) is 5.25. The van der Waals surface area contributed by atoms with Crippen molar-refractivity contribution in [3.8, 4) is 16.9 Å². The van der Waals surface area contributed by atoms with E-state index in [0.29, 0.717) is 19.7 Å². The molecule has 0 atom stereocenters. The number of benzene rings is 2. The van der Waals surface area contributed by atoms with Gasteiger partial charge >= 0.3 is 0 Å². The molecule has 0 fully saturated rings. The van der Waals surface area contributed by atoms with Crippen molar-refractivity contribution in [1.29, 1.82) is 0 Å². The molecule has 30 heavy (non-hydrogen) atoms. The Bertz CT molecular complexity index is 1110. The molecular formula is C22H22Cl2FN3OS. The molecule has 0 aliphatic rings. The van der Waals surface area contributed by atoms with Crippen molar-refractivity contribution < 1.29 is 9.13 Å². The van der Waals surface area contributed by atoms with Crippen molar-refractivity contribution in [3.05, 3.63) is 77.3 Å². The first-order valence-corrected chi connectivity index (χ1v) is 9.89. The predicted molar refractivity (Wildman–Crippen MR) is 126 cm³/mol. The highest BCUT2D eigenvalue weighted by molar-refractivity contribution is 7.18. The Morgan fingerprint density at radius 2 is 1.90 bits per heavy atom. The van der Waals surface area contributed by atoms with E-state index in [9.17, 15) is 4.39 Å². The van der Waals surface area contributed by atoms with Crippen LogP contribution in [0.2, 0.25) is 0 Å². The number of nitrogens with one attached hydrogen (secondary N) is 1. The molecule has 0 saturated heterocycles. The first kappa shape index (κ1) is 24.0. The number of thiazole rings is 1. The largest absolute Gasteiger partial charge is 0.492 e. The zero-order chi connectivity index (χ0) is 19.3. The lowest BCUT2D eigenvalue weighted by molar-refractivity contribution is 0.314. The monoisotopic (exact) mass is 465 g/mol. The first-order valence-electron chi connectivity index (χ1n) is 9.08. The Labute approximate surface area is 191 Å². The summed E-state index contributed by atoms with van der Waals surface area (Å²) in [6.45, 7) is 3.95. The number of aryl methyl sites for hydroxylation is 1. The van der Waals surface area contributed by atoms with Gasteiger partial charge in [0, 0.05) is 37.1 Å². The summed E-state index contributed by atoms with van der Waals surface area (Å²) in [4.78, 5) is 8.76. The molecule has 2 heterocycles. The fourth-order valence-corrected chi connectivity index (χ4v) is 3.80. The normalized spacial score (nSPS) is 10.3. The van der Waals surface area contributed by atoms with Crippen molar-refractivity contribution in [2.75, 3.05) is 13.2 Å². The number of halogens is 3. The molecule has 0 unspecified atom stereocenters. The maximum absolute atomic E-state index is 13.4. The molecule has 4 rings (SSSR count). The van der Waals surface area contributed by atoms with Gasteiger partial charge in [-0.25, -0.2) is 9.37 Å². The molecule has 2 aromatic heterocycles. The van der Waals surface area contributed by atoms with Crippen LogP contribution in [0.15, 0.2) is 60.9 Å². The molecule has 0 aliphatic carbocycles. The van der Waals surface area contributed by atoms with Gasteiger partial charge in [0.2, 0.25) is 0 Å². The topological polar surface area (TPSA) is 47.0 Å². The number of ether oxygens (including phenoxy) is 1. The Kier molecular flexibility index (Phi) is 8.99. The van der Waals surface area contributed by atoms with Crippen LogP contribution >= 0.6 is 36.2 Å². The third kappa shape index (κ3) is 6.12. The summed E-state index contributed by atoms with van der Waals surface area (Å²) in [7, 11) is 0. The maximum Gasteiger partial charge on any atom is 0.123 e. The fourth-order valence-electron chi connectivity index (χ4n) is 3.00. The van der Waals surface area contributed by atoms with Gasteiger partial charge in [-0.1, -0.05) is 12.1 Å². The minimum absolute atomic E-state index is 0. The van der Waals surface area contributed by atoms with Crippen LogP contribution < -0.4 is 10.1 Å². The summed E-state index contributed by atoms with van der Waals surface area (Å²) in [5.74, 6) is 0.582. The van der Waals surface area contributed by atoms with Gasteiger partial charge < -0.3 is 10.1 Å². The van der Waals surface area contributed by atoms with Crippen molar-refractivity contribution in [2.45, 2.75) is 13.5 Å². The van der Waals surface area contributed by atoms with E-state index in [-0.39, 0.29) is 30.6 Å². The molecule has 8 heteroatoms. The van der Waals surface area contributed by atoms with Gasteiger partial charge in [-0.3, -0.25) is 4.98 Å². The Balaban J connectivity index is 0.00000160. The van der Waals surface area contributed by atoms with E-state index in [0.717, 1.165) is 33.0 Å². The number of fused-ring (bicyclic) bond motifs is 1. The Morgan fingerprint density at radius 1 is 1.03 bits per heavy atom. The SMILES string of the molecule is Cc1nc2cc(OCCNCc3cncc(-c4cccc(F)c4)c3)ccc2s1.Cl.Cl. The smallest absolute Gasteiger partial charge is 0.123 e. The quantitative estimate of drug-likeness (QED) is 0.349. The lowest BCUT2D eigenvalue weighted by Gasteiger charge is -2.09. The molecule has 2 aromatic carbocycles. The van der Waals surface area contributed by atoms with Crippen molar-refractivity contribution in [1.82, 2.24) is 15.3 Å². The van der Waals surface area contributed by atoms with Crippen LogP contribution in [0, 0.1) is 12.7 Å². The van der Waals surface area contributed by atoms with Crippen LogP contribution in [0.4, 0.5) is 4.39 Å². The molecule has 1 N–H and O–H groups in total. The molecule has 0 aliphatic heterocycles. The summed E-state index contributed by atoms with van der Waals surface area (Å²) >= 11 is 1.68. The molecule has 0 spiro atoms. The molecule has 4 aromatic rings. The lowest BCUT2D eigenvalue weighted by atomic mass is 10.1. The van der Waals surface area contributed by atoms with E-state index in [1.165, 1.54) is 16.8 Å². The average Bonchev–Trinajstić information content (AvgIpc) is 3.07. The number of aromatic nitrogens is 2. The van der Waals surface area contributed by atoms with E-state index in [4.69, 9.17) is 4.74 Å². The zero-order valence-corrected chi connectivity index (χ0v) is 18.7. The number of nitrogens with zero attached hydrogens (tertiary/aromatic N) is 2. The summed E-state index contributed by atoms with van der Waals surface area (Å²) < 4.78 is 20.4. The number of pyridine rings is 1. The van der Waals surface area contributed by atoms with Gasteiger partial charge in [-0.2, -0.15) is 0 Å². The number of hydrogen-bond donors (Lipinski definition) is 1. The van der Waals surface area contributed by atoms with Crippen LogP contribution in [0.1, 0.15) is 10.6 Å². The average molecular weight is 466 g/mol. The highest BCUT2D eigenvalue weighted by Gasteiger charge is 2.04. The van der Waals surface area contributed by atoms with Crippen LogP contribution in [0.25, 0.3) is 21.3 Å². The standard InChI is InChI=1S/C22H20FN3OS.2ClH/c1-15-26-21-11-20(5-6-22(21)28-15)27-8-7-24-12-16-9-18(14-25-13-16)17-3-2-4-19(23)10-17;;/h2-6,9-11,13-14,24H,7-8,12H2,1H3;2*1H. The molecule has 0 amide bonds. The van der Waals surface area contributed by atoms with Crippen LogP contribution in [0.5, 0.6) is 5.75 Å². The van der Waals surface area contributed by atoms with Gasteiger partial charge in [-0.05, 0) is 48.4 Å². The van der Waals surface area contributed by atoms with E-state index < -0.39 is 0 Å². The second-order valence-corrected chi connectivity index (χ2v) is 7.71. The van der Waals surface area contributed by atoms with Gasteiger partial charge in [0.15, 0.2) is 0 Å². The maximum atomic E-state index is 13.4. The number of hydrogen-bond acceptors (Lipinski definition) is 5. The lowest BCUT2D eigenvalue weighted by Crippen LogP contribution is -2.20.